The monoisotopic (exact) mass is 457 g/mol. The lowest BCUT2D eigenvalue weighted by molar-refractivity contribution is -0.116. The van der Waals surface area contributed by atoms with Gasteiger partial charge in [0.15, 0.2) is 17.3 Å². The first kappa shape index (κ1) is 21.4. The lowest BCUT2D eigenvalue weighted by Gasteiger charge is -2.35. The van der Waals surface area contributed by atoms with Crippen molar-refractivity contribution in [3.05, 3.63) is 70.3 Å². The first-order chi connectivity index (χ1) is 16.1. The summed E-state index contributed by atoms with van der Waals surface area (Å²) in [7, 11) is 0. The number of fused-ring (bicyclic) bond motifs is 4. The normalized spacial score (nSPS) is 17.1. The first-order valence-electron chi connectivity index (χ1n) is 11.2. The van der Waals surface area contributed by atoms with Gasteiger partial charge in [-0.3, -0.25) is 4.79 Å². The van der Waals surface area contributed by atoms with Crippen molar-refractivity contribution in [2.75, 3.05) is 18.5 Å². The minimum absolute atomic E-state index is 0.0923. The van der Waals surface area contributed by atoms with Crippen molar-refractivity contribution >= 4 is 39.4 Å². The Balaban J connectivity index is 1.69. The number of anilines is 1. The molecule has 0 unspecified atom stereocenters. The molecule has 0 radical (unpaired) electrons. The van der Waals surface area contributed by atoms with E-state index in [-0.39, 0.29) is 18.4 Å². The zero-order chi connectivity index (χ0) is 22.9. The molecule has 5 rings (SSSR count). The first-order valence-corrected chi connectivity index (χ1v) is 11.6. The largest absolute Gasteiger partial charge is 0.490 e. The Morgan fingerprint density at radius 2 is 2.00 bits per heavy atom. The van der Waals surface area contributed by atoms with Crippen LogP contribution in [0.15, 0.2) is 54.1 Å². The van der Waals surface area contributed by atoms with Crippen molar-refractivity contribution in [2.24, 2.45) is 0 Å². The Morgan fingerprint density at radius 1 is 1.15 bits per heavy atom. The van der Waals surface area contributed by atoms with Crippen LogP contribution in [0.25, 0.3) is 16.3 Å². The molecule has 1 atom stereocenters. The molecule has 1 heterocycles. The summed E-state index contributed by atoms with van der Waals surface area (Å²) in [6.45, 7) is 2.44. The van der Waals surface area contributed by atoms with Crippen LogP contribution >= 0.6 is 11.6 Å². The molecule has 0 fully saturated rings. The summed E-state index contributed by atoms with van der Waals surface area (Å²) in [5.41, 5.74) is 4.97. The zero-order valence-corrected chi connectivity index (χ0v) is 19.2. The number of terminal acetylenes is 1. The van der Waals surface area contributed by atoms with E-state index in [4.69, 9.17) is 27.5 Å². The molecule has 1 aliphatic heterocycles. The molecule has 0 bridgehead atoms. The van der Waals surface area contributed by atoms with Crippen molar-refractivity contribution in [3.63, 3.8) is 0 Å². The maximum atomic E-state index is 13.3. The van der Waals surface area contributed by atoms with Crippen LogP contribution in [0.2, 0.25) is 5.02 Å². The van der Waals surface area contributed by atoms with E-state index in [2.05, 4.69) is 35.5 Å². The minimum Gasteiger partial charge on any atom is -0.490 e. The number of carbonyl (C=O) groups is 1. The van der Waals surface area contributed by atoms with Gasteiger partial charge in [-0.25, -0.2) is 0 Å². The number of rotatable bonds is 5. The number of benzene rings is 3. The second-order valence-electron chi connectivity index (χ2n) is 8.21. The molecule has 0 saturated heterocycles. The number of ether oxygens (including phenoxy) is 2. The van der Waals surface area contributed by atoms with Gasteiger partial charge in [-0.15, -0.1) is 6.42 Å². The Morgan fingerprint density at radius 3 is 2.82 bits per heavy atom. The van der Waals surface area contributed by atoms with Crippen molar-refractivity contribution in [1.82, 2.24) is 0 Å². The maximum absolute atomic E-state index is 13.3. The summed E-state index contributed by atoms with van der Waals surface area (Å²) in [5, 5.41) is 6.36. The summed E-state index contributed by atoms with van der Waals surface area (Å²) < 4.78 is 11.5. The van der Waals surface area contributed by atoms with Crippen LogP contribution in [0.5, 0.6) is 11.5 Å². The van der Waals surface area contributed by atoms with Crippen LogP contribution in [-0.4, -0.2) is 19.0 Å². The predicted molar refractivity (Wildman–Crippen MR) is 133 cm³/mol. The molecule has 33 heavy (non-hydrogen) atoms. The maximum Gasteiger partial charge on any atom is 0.181 e. The Kier molecular flexibility index (Phi) is 5.74. The topological polar surface area (TPSA) is 47.6 Å². The molecule has 3 aromatic rings. The molecule has 1 N–H and O–H groups in total. The third kappa shape index (κ3) is 3.73. The molecule has 0 saturated carbocycles. The number of nitrogens with one attached hydrogen (secondary N) is 1. The Labute approximate surface area is 198 Å². The van der Waals surface area contributed by atoms with Gasteiger partial charge in [-0.2, -0.15) is 0 Å². The van der Waals surface area contributed by atoms with Gasteiger partial charge in [0.25, 0.3) is 0 Å². The van der Waals surface area contributed by atoms with E-state index in [0.29, 0.717) is 29.5 Å². The van der Waals surface area contributed by atoms with Crippen LogP contribution in [0, 0.1) is 12.3 Å². The fraction of sp³-hybridized carbons (Fsp3) is 0.250. The number of hydrogen-bond acceptors (Lipinski definition) is 4. The van der Waals surface area contributed by atoms with Crippen molar-refractivity contribution in [2.45, 2.75) is 32.2 Å². The molecule has 0 spiro atoms. The van der Waals surface area contributed by atoms with Gasteiger partial charge in [0.1, 0.15) is 6.61 Å². The van der Waals surface area contributed by atoms with Gasteiger partial charge in [0, 0.05) is 23.2 Å². The number of ketones is 1. The van der Waals surface area contributed by atoms with Gasteiger partial charge in [0.2, 0.25) is 0 Å². The van der Waals surface area contributed by atoms with Gasteiger partial charge >= 0.3 is 0 Å². The minimum atomic E-state index is -0.320. The number of Topliss-reactive ketones (excluding diaryl/α,β-unsaturated/α-hetero) is 1. The standard InChI is InChI=1S/C28H24ClNO3/c1-3-14-33-28-21(29)15-18(16-24(28)32-4-2)27-26-20(10-7-11-23(26)31)25-19-9-6-5-8-17(19)12-13-22(25)30-27/h1,5-6,8-9,12-13,15-16,27,30H,4,7,10-11,14H2,2H3/t27-/m0/s1. The lowest BCUT2D eigenvalue weighted by atomic mass is 9.77. The molecular weight excluding hydrogens is 434 g/mol. The highest BCUT2D eigenvalue weighted by Gasteiger charge is 2.35. The van der Waals surface area contributed by atoms with E-state index in [9.17, 15) is 4.79 Å². The Hall–Kier alpha value is -3.42. The summed E-state index contributed by atoms with van der Waals surface area (Å²) in [5.74, 6) is 3.58. The van der Waals surface area contributed by atoms with E-state index in [1.165, 1.54) is 0 Å². The molecule has 166 valence electrons. The highest BCUT2D eigenvalue weighted by atomic mass is 35.5. The third-order valence-corrected chi connectivity index (χ3v) is 6.52. The van der Waals surface area contributed by atoms with E-state index >= 15 is 0 Å². The fourth-order valence-corrected chi connectivity index (χ4v) is 5.20. The number of carbonyl (C=O) groups excluding carboxylic acids is 1. The molecule has 1 aliphatic carbocycles. The smallest absolute Gasteiger partial charge is 0.181 e. The number of allylic oxidation sites excluding steroid dienone is 1. The van der Waals surface area contributed by atoms with Crippen molar-refractivity contribution < 1.29 is 14.3 Å². The third-order valence-electron chi connectivity index (χ3n) is 6.24. The van der Waals surface area contributed by atoms with Gasteiger partial charge in [0.05, 0.1) is 17.7 Å². The van der Waals surface area contributed by atoms with Crippen LogP contribution in [-0.2, 0) is 4.79 Å². The summed E-state index contributed by atoms with van der Waals surface area (Å²) in [6, 6.07) is 16.0. The summed E-state index contributed by atoms with van der Waals surface area (Å²) in [6.07, 6.45) is 7.63. The van der Waals surface area contributed by atoms with E-state index in [1.54, 1.807) is 0 Å². The van der Waals surface area contributed by atoms with E-state index in [1.807, 2.05) is 31.2 Å². The van der Waals surface area contributed by atoms with E-state index in [0.717, 1.165) is 51.6 Å². The van der Waals surface area contributed by atoms with Gasteiger partial charge in [-0.1, -0.05) is 47.9 Å². The second kappa shape index (κ2) is 8.84. The molecule has 0 amide bonds. The fourth-order valence-electron chi connectivity index (χ4n) is 4.92. The van der Waals surface area contributed by atoms with Crippen LogP contribution in [0.4, 0.5) is 5.69 Å². The number of halogens is 1. The summed E-state index contributed by atoms with van der Waals surface area (Å²) >= 11 is 6.61. The van der Waals surface area contributed by atoms with E-state index < -0.39 is 0 Å². The number of hydrogen-bond donors (Lipinski definition) is 1. The quantitative estimate of drug-likeness (QED) is 0.440. The zero-order valence-electron chi connectivity index (χ0n) is 18.4. The van der Waals surface area contributed by atoms with Crippen molar-refractivity contribution in [1.29, 1.82) is 0 Å². The predicted octanol–water partition coefficient (Wildman–Crippen LogP) is 6.58. The molecule has 2 aliphatic rings. The van der Waals surface area contributed by atoms with Crippen LogP contribution in [0.1, 0.15) is 43.4 Å². The molecular formula is C28H24ClNO3. The molecule has 4 nitrogen and oxygen atoms in total. The average molecular weight is 458 g/mol. The highest BCUT2D eigenvalue weighted by molar-refractivity contribution is 6.32. The van der Waals surface area contributed by atoms with Crippen LogP contribution < -0.4 is 14.8 Å². The average Bonchev–Trinajstić information content (AvgIpc) is 2.83. The van der Waals surface area contributed by atoms with Gasteiger partial charge in [-0.05, 0) is 59.9 Å². The van der Waals surface area contributed by atoms with Gasteiger partial charge < -0.3 is 14.8 Å². The van der Waals surface area contributed by atoms with Crippen molar-refractivity contribution in [3.8, 4) is 23.8 Å². The SMILES string of the molecule is C#CCOc1c(Cl)cc([C@@H]2Nc3ccc4ccccc4c3C3=C2C(=O)CCC3)cc1OCC. The van der Waals surface area contributed by atoms with Crippen LogP contribution in [0.3, 0.4) is 0 Å². The lowest BCUT2D eigenvalue weighted by Crippen LogP contribution is -2.27. The Bertz CT molecular complexity index is 1330. The summed E-state index contributed by atoms with van der Waals surface area (Å²) in [4.78, 5) is 13.3. The molecule has 5 heteroatoms. The molecule has 3 aromatic carbocycles. The highest BCUT2D eigenvalue weighted by Crippen LogP contribution is 2.49. The second-order valence-corrected chi connectivity index (χ2v) is 8.62. The molecule has 0 aromatic heterocycles.